The van der Waals surface area contributed by atoms with Gasteiger partial charge >= 0.3 is 5.97 Å². The van der Waals surface area contributed by atoms with Gasteiger partial charge in [0.25, 0.3) is 0 Å². The largest absolute Gasteiger partial charge is 0.481 e. The van der Waals surface area contributed by atoms with Crippen LogP contribution in [0, 0.1) is 5.92 Å². The molecule has 0 aromatic heterocycles. The first-order chi connectivity index (χ1) is 8.06. The van der Waals surface area contributed by atoms with Crippen LogP contribution in [0.2, 0.25) is 0 Å². The van der Waals surface area contributed by atoms with E-state index in [0.29, 0.717) is 6.42 Å². The van der Waals surface area contributed by atoms with Crippen molar-refractivity contribution in [3.63, 3.8) is 0 Å². The molecule has 0 bridgehead atoms. The molecule has 4 heteroatoms. The molecule has 0 radical (unpaired) electrons. The Kier molecular flexibility index (Phi) is 4.69. The maximum absolute atomic E-state index is 11.7. The topological polar surface area (TPSA) is 66.4 Å². The van der Waals surface area contributed by atoms with Crippen LogP contribution in [0.15, 0.2) is 30.3 Å². The molecule has 2 unspecified atom stereocenters. The summed E-state index contributed by atoms with van der Waals surface area (Å²) < 4.78 is 0. The maximum Gasteiger partial charge on any atom is 0.316 e. The Balaban J connectivity index is 2.66. The maximum atomic E-state index is 11.7. The van der Waals surface area contributed by atoms with E-state index in [9.17, 15) is 9.59 Å². The van der Waals surface area contributed by atoms with Gasteiger partial charge in [-0.2, -0.15) is 0 Å². The standard InChI is InChI=1S/C13H17NO3/c1-3-11(13(16)17)12(15)14-9(2)10-7-5-4-6-8-10/h4-9,11H,3H2,1-2H3,(H,14,15)(H,16,17). The number of aliphatic carboxylic acids is 1. The van der Waals surface area contributed by atoms with Crippen LogP contribution in [0.25, 0.3) is 0 Å². The molecular weight excluding hydrogens is 218 g/mol. The predicted octanol–water partition coefficient (Wildman–Crippen LogP) is 1.97. The summed E-state index contributed by atoms with van der Waals surface area (Å²) in [4.78, 5) is 22.5. The zero-order valence-corrected chi connectivity index (χ0v) is 10.0. The molecular formula is C13H17NO3. The molecule has 0 aliphatic heterocycles. The summed E-state index contributed by atoms with van der Waals surface area (Å²) in [6.07, 6.45) is 0.294. The molecule has 0 spiro atoms. The molecule has 1 aromatic rings. The van der Waals surface area contributed by atoms with E-state index in [2.05, 4.69) is 5.32 Å². The van der Waals surface area contributed by atoms with Gasteiger partial charge in [0, 0.05) is 0 Å². The lowest BCUT2D eigenvalue weighted by Crippen LogP contribution is -2.36. The molecule has 0 aliphatic rings. The van der Waals surface area contributed by atoms with E-state index >= 15 is 0 Å². The molecule has 1 rings (SSSR count). The van der Waals surface area contributed by atoms with Crippen LogP contribution in [-0.2, 0) is 9.59 Å². The van der Waals surface area contributed by atoms with Crippen molar-refractivity contribution in [3.8, 4) is 0 Å². The van der Waals surface area contributed by atoms with Crippen LogP contribution in [0.3, 0.4) is 0 Å². The minimum atomic E-state index is -1.08. The third-order valence-electron chi connectivity index (χ3n) is 2.68. The summed E-state index contributed by atoms with van der Waals surface area (Å²) in [5.41, 5.74) is 0.959. The molecule has 1 aromatic carbocycles. The number of carbonyl (C=O) groups is 2. The Bertz CT molecular complexity index is 389. The molecule has 17 heavy (non-hydrogen) atoms. The first-order valence-corrected chi connectivity index (χ1v) is 5.64. The second-order valence-corrected chi connectivity index (χ2v) is 3.94. The van der Waals surface area contributed by atoms with Gasteiger partial charge in [-0.25, -0.2) is 0 Å². The Morgan fingerprint density at radius 3 is 2.35 bits per heavy atom. The predicted molar refractivity (Wildman–Crippen MR) is 64.4 cm³/mol. The van der Waals surface area contributed by atoms with Gasteiger partial charge in [-0.3, -0.25) is 9.59 Å². The number of carboxylic acid groups (broad SMARTS) is 1. The summed E-state index contributed by atoms with van der Waals surface area (Å²) in [7, 11) is 0. The number of amides is 1. The smallest absolute Gasteiger partial charge is 0.316 e. The number of hydrogen-bond donors (Lipinski definition) is 2. The number of nitrogens with one attached hydrogen (secondary N) is 1. The highest BCUT2D eigenvalue weighted by molar-refractivity contribution is 5.96. The van der Waals surface area contributed by atoms with E-state index in [0.717, 1.165) is 5.56 Å². The molecule has 0 saturated heterocycles. The molecule has 2 N–H and O–H groups in total. The van der Waals surface area contributed by atoms with Crippen LogP contribution >= 0.6 is 0 Å². The monoisotopic (exact) mass is 235 g/mol. The first-order valence-electron chi connectivity index (χ1n) is 5.64. The number of carbonyl (C=O) groups excluding carboxylic acids is 1. The molecule has 0 saturated carbocycles. The average Bonchev–Trinajstić information content (AvgIpc) is 2.30. The lowest BCUT2D eigenvalue weighted by Gasteiger charge is -2.17. The van der Waals surface area contributed by atoms with Crippen LogP contribution in [0.4, 0.5) is 0 Å². The third kappa shape index (κ3) is 3.59. The highest BCUT2D eigenvalue weighted by Gasteiger charge is 2.25. The fourth-order valence-electron chi connectivity index (χ4n) is 1.61. The van der Waals surface area contributed by atoms with Gasteiger partial charge in [-0.15, -0.1) is 0 Å². The molecule has 92 valence electrons. The van der Waals surface area contributed by atoms with Crippen molar-refractivity contribution in [1.29, 1.82) is 0 Å². The highest BCUT2D eigenvalue weighted by Crippen LogP contribution is 2.13. The minimum Gasteiger partial charge on any atom is -0.481 e. The Labute approximate surface area is 101 Å². The van der Waals surface area contributed by atoms with Crippen molar-refractivity contribution in [2.45, 2.75) is 26.3 Å². The Morgan fingerprint density at radius 1 is 1.29 bits per heavy atom. The van der Waals surface area contributed by atoms with E-state index in [1.807, 2.05) is 37.3 Å². The average molecular weight is 235 g/mol. The van der Waals surface area contributed by atoms with Gasteiger partial charge in [0.15, 0.2) is 0 Å². The van der Waals surface area contributed by atoms with Gasteiger partial charge in [-0.1, -0.05) is 37.3 Å². The molecule has 0 fully saturated rings. The quantitative estimate of drug-likeness (QED) is 0.767. The van der Waals surface area contributed by atoms with Gasteiger partial charge < -0.3 is 10.4 Å². The summed E-state index contributed by atoms with van der Waals surface area (Å²) in [6, 6.07) is 9.26. The molecule has 0 heterocycles. The van der Waals surface area contributed by atoms with Crippen LogP contribution in [0.5, 0.6) is 0 Å². The number of carboxylic acids is 1. The zero-order chi connectivity index (χ0) is 12.8. The van der Waals surface area contributed by atoms with E-state index < -0.39 is 17.8 Å². The van der Waals surface area contributed by atoms with Crippen LogP contribution in [-0.4, -0.2) is 17.0 Å². The van der Waals surface area contributed by atoms with Crippen LogP contribution < -0.4 is 5.32 Å². The van der Waals surface area contributed by atoms with Gasteiger partial charge in [0.1, 0.15) is 5.92 Å². The zero-order valence-electron chi connectivity index (χ0n) is 10.0. The van der Waals surface area contributed by atoms with E-state index in [4.69, 9.17) is 5.11 Å². The first kappa shape index (κ1) is 13.2. The molecule has 1 amide bonds. The highest BCUT2D eigenvalue weighted by atomic mass is 16.4. The summed E-state index contributed by atoms with van der Waals surface area (Å²) in [5.74, 6) is -2.48. The molecule has 0 aliphatic carbocycles. The second-order valence-electron chi connectivity index (χ2n) is 3.94. The molecule has 4 nitrogen and oxygen atoms in total. The van der Waals surface area contributed by atoms with E-state index in [1.165, 1.54) is 0 Å². The lowest BCUT2D eigenvalue weighted by atomic mass is 10.0. The lowest BCUT2D eigenvalue weighted by molar-refractivity contribution is -0.147. The number of rotatable bonds is 5. The summed E-state index contributed by atoms with van der Waals surface area (Å²) in [6.45, 7) is 3.52. The van der Waals surface area contributed by atoms with Crippen molar-refractivity contribution >= 4 is 11.9 Å². The van der Waals surface area contributed by atoms with Gasteiger partial charge in [-0.05, 0) is 18.9 Å². The fraction of sp³-hybridized carbons (Fsp3) is 0.385. The third-order valence-corrected chi connectivity index (χ3v) is 2.68. The van der Waals surface area contributed by atoms with Crippen molar-refractivity contribution in [3.05, 3.63) is 35.9 Å². The second kappa shape index (κ2) is 6.03. The van der Waals surface area contributed by atoms with Crippen molar-refractivity contribution in [1.82, 2.24) is 5.32 Å². The van der Waals surface area contributed by atoms with Gasteiger partial charge in [0.2, 0.25) is 5.91 Å². The van der Waals surface area contributed by atoms with E-state index in [-0.39, 0.29) is 6.04 Å². The number of benzene rings is 1. The summed E-state index contributed by atoms with van der Waals surface area (Å²) in [5, 5.41) is 11.6. The van der Waals surface area contributed by atoms with Crippen molar-refractivity contribution in [2.75, 3.05) is 0 Å². The number of hydrogen-bond acceptors (Lipinski definition) is 2. The molecule has 2 atom stereocenters. The van der Waals surface area contributed by atoms with Crippen molar-refractivity contribution < 1.29 is 14.7 Å². The van der Waals surface area contributed by atoms with Gasteiger partial charge in [0.05, 0.1) is 6.04 Å². The normalized spacial score (nSPS) is 13.8. The van der Waals surface area contributed by atoms with Crippen LogP contribution in [0.1, 0.15) is 31.9 Å². The fourth-order valence-corrected chi connectivity index (χ4v) is 1.61. The van der Waals surface area contributed by atoms with E-state index in [1.54, 1.807) is 6.92 Å². The SMILES string of the molecule is CCC(C(=O)O)C(=O)NC(C)c1ccccc1. The Hall–Kier alpha value is -1.84. The Morgan fingerprint density at radius 2 is 1.88 bits per heavy atom. The summed E-state index contributed by atoms with van der Waals surface area (Å²) >= 11 is 0. The minimum absolute atomic E-state index is 0.183. The van der Waals surface area contributed by atoms with Crippen molar-refractivity contribution in [2.24, 2.45) is 5.92 Å².